The van der Waals surface area contributed by atoms with Gasteiger partial charge in [0.15, 0.2) is 0 Å². The molecule has 0 aliphatic carbocycles. The molecule has 182 valence electrons. The van der Waals surface area contributed by atoms with Crippen LogP contribution in [-0.2, 0) is 0 Å². The molecule has 0 radical (unpaired) electrons. The summed E-state index contributed by atoms with van der Waals surface area (Å²) in [5, 5.41) is 8.49. The summed E-state index contributed by atoms with van der Waals surface area (Å²) < 4.78 is 18.8. The summed E-state index contributed by atoms with van der Waals surface area (Å²) in [4.78, 5) is 31.7. The lowest BCUT2D eigenvalue weighted by Crippen LogP contribution is -2.43. The van der Waals surface area contributed by atoms with Gasteiger partial charge < -0.3 is 20.3 Å². The number of piperidine rings is 1. The molecule has 0 saturated carbocycles. The minimum absolute atomic E-state index is 0.150. The van der Waals surface area contributed by atoms with E-state index in [1.54, 1.807) is 48.7 Å². The first kappa shape index (κ1) is 24.2. The average Bonchev–Trinajstić information content (AvgIpc) is 2.85. The third kappa shape index (κ3) is 6.33. The van der Waals surface area contributed by atoms with Crippen LogP contribution >= 0.6 is 0 Å². The van der Waals surface area contributed by atoms with Crippen molar-refractivity contribution in [1.82, 2.24) is 15.2 Å². The van der Waals surface area contributed by atoms with Crippen LogP contribution in [0.5, 0.6) is 5.75 Å². The third-order valence-electron chi connectivity index (χ3n) is 5.91. The number of hydrogen-bond donors (Lipinski definition) is 3. The second kappa shape index (κ2) is 11.0. The number of urea groups is 1. The Morgan fingerprint density at radius 3 is 2.63 bits per heavy atom. The predicted octanol–water partition coefficient (Wildman–Crippen LogP) is 4.36. The topological polar surface area (TPSA) is 95.6 Å². The molecule has 1 saturated heterocycles. The fourth-order valence-electron chi connectivity index (χ4n) is 4.01. The molecule has 0 atom stereocenters. The molecular formula is C26H28FN5O3. The minimum Gasteiger partial charge on any atom is -0.496 e. The van der Waals surface area contributed by atoms with E-state index in [-0.39, 0.29) is 11.9 Å². The van der Waals surface area contributed by atoms with Gasteiger partial charge in [0, 0.05) is 35.1 Å². The van der Waals surface area contributed by atoms with Gasteiger partial charge in [-0.15, -0.1) is 0 Å². The Labute approximate surface area is 203 Å². The molecule has 3 N–H and O–H groups in total. The Balaban J connectivity index is 1.39. The van der Waals surface area contributed by atoms with Gasteiger partial charge in [0.05, 0.1) is 7.11 Å². The molecule has 8 nitrogen and oxygen atoms in total. The number of benzene rings is 2. The monoisotopic (exact) mass is 477 g/mol. The summed E-state index contributed by atoms with van der Waals surface area (Å²) in [6.07, 6.45) is 3.37. The highest BCUT2D eigenvalue weighted by molar-refractivity contribution is 6.01. The van der Waals surface area contributed by atoms with Crippen LogP contribution in [0.2, 0.25) is 0 Å². The number of halogens is 1. The molecule has 4 rings (SSSR count). The zero-order valence-corrected chi connectivity index (χ0v) is 19.7. The number of amides is 3. The van der Waals surface area contributed by atoms with Crippen molar-refractivity contribution in [2.24, 2.45) is 0 Å². The van der Waals surface area contributed by atoms with Crippen molar-refractivity contribution in [3.63, 3.8) is 0 Å². The van der Waals surface area contributed by atoms with Gasteiger partial charge in [0.2, 0.25) is 0 Å². The van der Waals surface area contributed by atoms with Crippen LogP contribution in [0.1, 0.15) is 23.2 Å². The minimum atomic E-state index is -0.506. The van der Waals surface area contributed by atoms with Gasteiger partial charge in [0.1, 0.15) is 17.4 Å². The number of pyridine rings is 1. The highest BCUT2D eigenvalue weighted by Crippen LogP contribution is 2.31. The Hall–Kier alpha value is -3.98. The van der Waals surface area contributed by atoms with Crippen molar-refractivity contribution in [3.05, 3.63) is 72.2 Å². The Kier molecular flexibility index (Phi) is 7.57. The first-order chi connectivity index (χ1) is 16.9. The fourth-order valence-corrected chi connectivity index (χ4v) is 4.01. The number of methoxy groups -OCH3 is 1. The van der Waals surface area contributed by atoms with Gasteiger partial charge in [-0.05, 0) is 81.0 Å². The van der Waals surface area contributed by atoms with Crippen LogP contribution in [0.4, 0.5) is 20.7 Å². The number of likely N-dealkylation sites (tertiary alicyclic amines) is 1. The van der Waals surface area contributed by atoms with Crippen molar-refractivity contribution >= 4 is 23.4 Å². The van der Waals surface area contributed by atoms with E-state index in [9.17, 15) is 14.0 Å². The molecule has 3 amide bonds. The Morgan fingerprint density at radius 2 is 1.86 bits per heavy atom. The molecule has 2 heterocycles. The lowest BCUT2D eigenvalue weighted by molar-refractivity contribution is 0.0917. The van der Waals surface area contributed by atoms with Gasteiger partial charge in [-0.1, -0.05) is 6.07 Å². The van der Waals surface area contributed by atoms with Crippen molar-refractivity contribution in [3.8, 4) is 16.9 Å². The zero-order valence-electron chi connectivity index (χ0n) is 19.7. The first-order valence-electron chi connectivity index (χ1n) is 11.4. The maximum Gasteiger partial charge on any atom is 0.324 e. The number of carbonyl (C=O) groups excluding carboxylic acids is 2. The van der Waals surface area contributed by atoms with Crippen LogP contribution in [0.3, 0.4) is 0 Å². The lowest BCUT2D eigenvalue weighted by Gasteiger charge is -2.29. The predicted molar refractivity (Wildman–Crippen MR) is 133 cm³/mol. The van der Waals surface area contributed by atoms with Crippen molar-refractivity contribution < 1.29 is 18.7 Å². The Bertz CT molecular complexity index is 1210. The van der Waals surface area contributed by atoms with E-state index in [1.807, 2.05) is 0 Å². The summed E-state index contributed by atoms with van der Waals surface area (Å²) in [5.74, 6) is 0.121. The maximum absolute atomic E-state index is 13.5. The number of nitrogens with one attached hydrogen (secondary N) is 3. The summed E-state index contributed by atoms with van der Waals surface area (Å²) in [5.41, 5.74) is 2.34. The van der Waals surface area contributed by atoms with Crippen LogP contribution < -0.4 is 20.7 Å². The summed E-state index contributed by atoms with van der Waals surface area (Å²) in [6.45, 7) is 1.91. The maximum atomic E-state index is 13.5. The summed E-state index contributed by atoms with van der Waals surface area (Å²) in [6, 6.07) is 14.1. The van der Waals surface area contributed by atoms with Gasteiger partial charge in [-0.3, -0.25) is 10.1 Å². The van der Waals surface area contributed by atoms with Crippen LogP contribution in [0.25, 0.3) is 11.1 Å². The molecule has 0 spiro atoms. The van der Waals surface area contributed by atoms with Gasteiger partial charge >= 0.3 is 6.03 Å². The van der Waals surface area contributed by atoms with Gasteiger partial charge in [0.25, 0.3) is 5.91 Å². The van der Waals surface area contributed by atoms with E-state index in [0.29, 0.717) is 33.9 Å². The molecule has 1 aromatic heterocycles. The highest BCUT2D eigenvalue weighted by atomic mass is 19.1. The van der Waals surface area contributed by atoms with E-state index in [0.717, 1.165) is 25.9 Å². The lowest BCUT2D eigenvalue weighted by atomic mass is 10.0. The molecule has 0 bridgehead atoms. The number of rotatable bonds is 6. The summed E-state index contributed by atoms with van der Waals surface area (Å²) in [7, 11) is 3.54. The number of carbonyl (C=O) groups is 2. The molecule has 3 aromatic rings. The standard InChI is InChI=1S/C26H28FN5O3/c1-32-12-9-20(10-13-32)29-25(33)18-4-3-5-21(14-18)30-26(34)31-24-15-17(8-11-28-24)22-7-6-19(27)16-23(22)35-2/h3-8,11,14-16,20H,9-10,12-13H2,1-2H3,(H,29,33)(H2,28,30,31,34). The van der Waals surface area contributed by atoms with E-state index in [1.165, 1.54) is 19.2 Å². The molecule has 1 aliphatic rings. The summed E-state index contributed by atoms with van der Waals surface area (Å²) >= 11 is 0. The van der Waals surface area contributed by atoms with Crippen molar-refractivity contribution in [1.29, 1.82) is 0 Å². The SMILES string of the molecule is COc1cc(F)ccc1-c1ccnc(NC(=O)Nc2cccc(C(=O)NC3CCN(C)CC3)c2)c1. The number of anilines is 2. The zero-order chi connectivity index (χ0) is 24.8. The quantitative estimate of drug-likeness (QED) is 0.490. The van der Waals surface area contributed by atoms with Crippen molar-refractivity contribution in [2.45, 2.75) is 18.9 Å². The number of hydrogen-bond acceptors (Lipinski definition) is 5. The largest absolute Gasteiger partial charge is 0.496 e. The average molecular weight is 478 g/mol. The number of nitrogens with zero attached hydrogens (tertiary/aromatic N) is 2. The normalized spacial score (nSPS) is 14.3. The van der Waals surface area contributed by atoms with Crippen molar-refractivity contribution in [2.75, 3.05) is 37.9 Å². The Morgan fingerprint density at radius 1 is 1.06 bits per heavy atom. The smallest absolute Gasteiger partial charge is 0.324 e. The van der Waals surface area contributed by atoms with E-state index in [4.69, 9.17) is 4.74 Å². The molecule has 9 heteroatoms. The second-order valence-corrected chi connectivity index (χ2v) is 8.49. The highest BCUT2D eigenvalue weighted by Gasteiger charge is 2.19. The fraction of sp³-hybridized carbons (Fsp3) is 0.269. The molecular weight excluding hydrogens is 449 g/mol. The van der Waals surface area contributed by atoms with Crippen LogP contribution in [0, 0.1) is 5.82 Å². The first-order valence-corrected chi connectivity index (χ1v) is 11.4. The number of ether oxygens (including phenoxy) is 1. The molecule has 35 heavy (non-hydrogen) atoms. The van der Waals surface area contributed by atoms with E-state index >= 15 is 0 Å². The van der Waals surface area contributed by atoms with Crippen LogP contribution in [0.15, 0.2) is 60.8 Å². The van der Waals surface area contributed by atoms with E-state index < -0.39 is 11.8 Å². The second-order valence-electron chi connectivity index (χ2n) is 8.49. The van der Waals surface area contributed by atoms with Gasteiger partial charge in [-0.25, -0.2) is 14.2 Å². The van der Waals surface area contributed by atoms with Crippen LogP contribution in [-0.4, -0.2) is 55.1 Å². The van der Waals surface area contributed by atoms with Gasteiger partial charge in [-0.2, -0.15) is 0 Å². The third-order valence-corrected chi connectivity index (χ3v) is 5.91. The number of aromatic nitrogens is 1. The molecule has 1 fully saturated rings. The van der Waals surface area contributed by atoms with E-state index in [2.05, 4.69) is 32.9 Å². The molecule has 1 aliphatic heterocycles. The molecule has 0 unspecified atom stereocenters. The molecule has 2 aromatic carbocycles.